The first-order valence-electron chi connectivity index (χ1n) is 9.42. The standard InChI is InChI=1S/C22H19N5OS2/c1-4-11-27-20(28)19(21-26(3)17-7-5-6-8-18(17)29-21)30-22(27)24-14-9-10-16-15(12-14)23-13-25(16)2/h4-10,12-13H,1,11H2,2-3H3/b21-19-,24-22?. The second-order valence-corrected chi connectivity index (χ2v) is 9.00. The molecule has 0 unspecified atom stereocenters. The first-order chi connectivity index (χ1) is 14.6. The minimum absolute atomic E-state index is 0.0419. The number of aliphatic imine (C=N–C) groups is 1. The van der Waals surface area contributed by atoms with Crippen LogP contribution < -0.4 is 4.90 Å². The van der Waals surface area contributed by atoms with E-state index < -0.39 is 0 Å². The molecule has 1 fully saturated rings. The number of carbonyl (C=O) groups excluding carboxylic acids is 1. The van der Waals surface area contributed by atoms with Crippen LogP contribution in [0, 0.1) is 0 Å². The lowest BCUT2D eigenvalue weighted by molar-refractivity contribution is -0.121. The van der Waals surface area contributed by atoms with E-state index >= 15 is 0 Å². The predicted molar refractivity (Wildman–Crippen MR) is 125 cm³/mol. The molecule has 3 aromatic rings. The van der Waals surface area contributed by atoms with Crippen LogP contribution in [0.4, 0.5) is 11.4 Å². The number of thioether (sulfide) groups is 2. The molecule has 3 heterocycles. The Morgan fingerprint density at radius 2 is 2.00 bits per heavy atom. The van der Waals surface area contributed by atoms with Crippen LogP contribution >= 0.6 is 23.5 Å². The monoisotopic (exact) mass is 433 g/mol. The molecule has 0 saturated carbocycles. The Bertz CT molecular complexity index is 1260. The third-order valence-corrected chi connectivity index (χ3v) is 7.47. The maximum atomic E-state index is 13.3. The van der Waals surface area contributed by atoms with Gasteiger partial charge in [-0.1, -0.05) is 30.0 Å². The van der Waals surface area contributed by atoms with Gasteiger partial charge in [-0.05, 0) is 42.1 Å². The molecule has 0 N–H and O–H groups in total. The number of fused-ring (bicyclic) bond motifs is 2. The number of benzene rings is 2. The fourth-order valence-corrected chi connectivity index (χ4v) is 5.87. The summed E-state index contributed by atoms with van der Waals surface area (Å²) in [7, 11) is 3.96. The van der Waals surface area contributed by atoms with Gasteiger partial charge in [0.1, 0.15) is 4.91 Å². The first-order valence-corrected chi connectivity index (χ1v) is 11.1. The van der Waals surface area contributed by atoms with Crippen molar-refractivity contribution in [1.29, 1.82) is 0 Å². The van der Waals surface area contributed by atoms with Crippen molar-refractivity contribution < 1.29 is 4.79 Å². The van der Waals surface area contributed by atoms with Crippen LogP contribution in [0.3, 0.4) is 0 Å². The fraction of sp³-hybridized carbons (Fsp3) is 0.136. The molecule has 5 rings (SSSR count). The number of carbonyl (C=O) groups is 1. The molecule has 0 bridgehead atoms. The Hall–Kier alpha value is -2.97. The Balaban J connectivity index is 1.55. The van der Waals surface area contributed by atoms with E-state index in [2.05, 4.69) is 28.6 Å². The van der Waals surface area contributed by atoms with Crippen LogP contribution in [0.5, 0.6) is 0 Å². The summed E-state index contributed by atoms with van der Waals surface area (Å²) in [5.74, 6) is -0.0419. The highest BCUT2D eigenvalue weighted by molar-refractivity contribution is 8.19. The number of hydrogen-bond donors (Lipinski definition) is 0. The summed E-state index contributed by atoms with van der Waals surface area (Å²) in [5.41, 5.74) is 3.80. The number of amidine groups is 1. The molecular formula is C22H19N5OS2. The Morgan fingerprint density at radius 1 is 1.17 bits per heavy atom. The highest BCUT2D eigenvalue weighted by Gasteiger charge is 2.38. The van der Waals surface area contributed by atoms with Crippen molar-refractivity contribution in [2.45, 2.75) is 4.90 Å². The zero-order chi connectivity index (χ0) is 20.8. The molecule has 1 saturated heterocycles. The van der Waals surface area contributed by atoms with E-state index in [9.17, 15) is 4.79 Å². The van der Waals surface area contributed by atoms with E-state index in [0.29, 0.717) is 16.6 Å². The molecule has 8 heteroatoms. The lowest BCUT2D eigenvalue weighted by atomic mass is 10.3. The number of aromatic nitrogens is 2. The van der Waals surface area contributed by atoms with Gasteiger partial charge in [-0.15, -0.1) is 6.58 Å². The summed E-state index contributed by atoms with van der Waals surface area (Å²) < 4.78 is 1.97. The number of aryl methyl sites for hydroxylation is 1. The molecule has 1 amide bonds. The van der Waals surface area contributed by atoms with Crippen LogP contribution in [0.1, 0.15) is 0 Å². The lowest BCUT2D eigenvalue weighted by Crippen LogP contribution is -2.29. The number of anilines is 1. The van der Waals surface area contributed by atoms with Gasteiger partial charge in [-0.25, -0.2) is 9.98 Å². The molecule has 0 aliphatic carbocycles. The van der Waals surface area contributed by atoms with Gasteiger partial charge < -0.3 is 9.47 Å². The summed E-state index contributed by atoms with van der Waals surface area (Å²) in [4.78, 5) is 28.1. The molecule has 0 spiro atoms. The van der Waals surface area contributed by atoms with Crippen LogP contribution in [-0.4, -0.2) is 39.1 Å². The van der Waals surface area contributed by atoms with E-state index in [1.807, 2.05) is 49.0 Å². The van der Waals surface area contributed by atoms with Crippen LogP contribution in [0.15, 0.2) is 81.3 Å². The minimum atomic E-state index is -0.0419. The highest BCUT2D eigenvalue weighted by atomic mass is 32.2. The molecule has 150 valence electrons. The summed E-state index contributed by atoms with van der Waals surface area (Å²) in [6.07, 6.45) is 3.51. The highest BCUT2D eigenvalue weighted by Crippen LogP contribution is 2.49. The van der Waals surface area contributed by atoms with Crippen molar-refractivity contribution in [1.82, 2.24) is 14.5 Å². The van der Waals surface area contributed by atoms with Crippen molar-refractivity contribution in [2.24, 2.45) is 12.0 Å². The molecule has 2 aromatic carbocycles. The van der Waals surface area contributed by atoms with Crippen LogP contribution in [0.25, 0.3) is 11.0 Å². The number of para-hydroxylation sites is 1. The van der Waals surface area contributed by atoms with Gasteiger partial charge in [0.2, 0.25) is 0 Å². The molecular weight excluding hydrogens is 414 g/mol. The summed E-state index contributed by atoms with van der Waals surface area (Å²) in [6, 6.07) is 14.1. The second-order valence-electron chi connectivity index (χ2n) is 6.99. The van der Waals surface area contributed by atoms with Crippen molar-refractivity contribution in [3.8, 4) is 0 Å². The Labute approximate surface area is 183 Å². The maximum absolute atomic E-state index is 13.3. The van der Waals surface area contributed by atoms with Crippen molar-refractivity contribution in [2.75, 3.05) is 18.5 Å². The zero-order valence-corrected chi connectivity index (χ0v) is 18.2. The summed E-state index contributed by atoms with van der Waals surface area (Å²) in [5, 5.41) is 1.59. The SMILES string of the molecule is C=CCN1C(=O)/C(=C2/Sc3ccccc3N2C)SC1=Nc1ccc2c(c1)ncn2C. The van der Waals surface area contributed by atoms with Gasteiger partial charge in [-0.3, -0.25) is 9.69 Å². The van der Waals surface area contributed by atoms with E-state index in [4.69, 9.17) is 4.99 Å². The average molecular weight is 434 g/mol. The molecule has 0 radical (unpaired) electrons. The quantitative estimate of drug-likeness (QED) is 0.441. The van der Waals surface area contributed by atoms with Crippen LogP contribution in [-0.2, 0) is 11.8 Å². The van der Waals surface area contributed by atoms with E-state index in [1.54, 1.807) is 29.1 Å². The maximum Gasteiger partial charge on any atom is 0.269 e. The second kappa shape index (κ2) is 7.37. The van der Waals surface area contributed by atoms with E-state index in [0.717, 1.165) is 32.3 Å². The summed E-state index contributed by atoms with van der Waals surface area (Å²) >= 11 is 3.04. The van der Waals surface area contributed by atoms with Gasteiger partial charge >= 0.3 is 0 Å². The van der Waals surface area contributed by atoms with E-state index in [1.165, 1.54) is 11.8 Å². The van der Waals surface area contributed by atoms with Crippen molar-refractivity contribution in [3.63, 3.8) is 0 Å². The smallest absolute Gasteiger partial charge is 0.269 e. The minimum Gasteiger partial charge on any atom is -0.337 e. The van der Waals surface area contributed by atoms with Gasteiger partial charge in [0.15, 0.2) is 5.17 Å². The average Bonchev–Trinajstić information content (AvgIpc) is 3.38. The fourth-order valence-electron chi connectivity index (χ4n) is 3.51. The van der Waals surface area contributed by atoms with Gasteiger partial charge in [0.25, 0.3) is 5.91 Å². The Kier molecular flexibility index (Phi) is 4.67. The first kappa shape index (κ1) is 19.0. The molecule has 1 aromatic heterocycles. The molecule has 2 aliphatic heterocycles. The normalized spacial score (nSPS) is 19.9. The number of nitrogens with zero attached hydrogens (tertiary/aromatic N) is 5. The molecule has 6 nitrogen and oxygen atoms in total. The van der Waals surface area contributed by atoms with E-state index in [-0.39, 0.29) is 5.91 Å². The number of hydrogen-bond acceptors (Lipinski definition) is 6. The molecule has 0 atom stereocenters. The molecule has 2 aliphatic rings. The zero-order valence-electron chi connectivity index (χ0n) is 16.6. The van der Waals surface area contributed by atoms with Crippen molar-refractivity contribution in [3.05, 3.63) is 71.4 Å². The van der Waals surface area contributed by atoms with Gasteiger partial charge in [0.05, 0.1) is 33.8 Å². The predicted octanol–water partition coefficient (Wildman–Crippen LogP) is 4.73. The lowest BCUT2D eigenvalue weighted by Gasteiger charge is -2.15. The largest absolute Gasteiger partial charge is 0.337 e. The Morgan fingerprint density at radius 3 is 2.80 bits per heavy atom. The number of rotatable bonds is 3. The topological polar surface area (TPSA) is 53.7 Å². The third-order valence-electron chi connectivity index (χ3n) is 5.04. The van der Waals surface area contributed by atoms with Crippen LogP contribution in [0.2, 0.25) is 0 Å². The number of amides is 1. The van der Waals surface area contributed by atoms with Gasteiger partial charge in [-0.2, -0.15) is 0 Å². The third kappa shape index (κ3) is 3.03. The summed E-state index contributed by atoms with van der Waals surface area (Å²) in [6.45, 7) is 4.22. The van der Waals surface area contributed by atoms with Gasteiger partial charge in [0, 0.05) is 25.5 Å². The molecule has 30 heavy (non-hydrogen) atoms. The van der Waals surface area contributed by atoms with Crippen molar-refractivity contribution >= 4 is 57.0 Å². The number of imidazole rings is 1.